The second-order valence-electron chi connectivity index (χ2n) is 4.53. The van der Waals surface area contributed by atoms with E-state index in [1.807, 2.05) is 0 Å². The minimum Gasteiger partial charge on any atom is -0.350 e. The Morgan fingerprint density at radius 3 is 2.89 bits per heavy atom. The summed E-state index contributed by atoms with van der Waals surface area (Å²) >= 11 is 3.51. The molecule has 0 saturated carbocycles. The molecule has 0 aliphatic heterocycles. The van der Waals surface area contributed by atoms with Crippen LogP contribution in [0.1, 0.15) is 31.0 Å². The molecule has 0 fully saturated rings. The lowest BCUT2D eigenvalue weighted by Crippen LogP contribution is -2.17. The molecule has 1 atom stereocenters. The molecule has 0 amide bonds. The molecule has 0 radical (unpaired) electrons. The van der Waals surface area contributed by atoms with E-state index in [-0.39, 0.29) is 0 Å². The van der Waals surface area contributed by atoms with Gasteiger partial charge in [0.15, 0.2) is 0 Å². The second-order valence-corrected chi connectivity index (χ2v) is 5.44. The highest BCUT2D eigenvalue weighted by molar-refractivity contribution is 9.10. The SMILES string of the molecule is CCNC(C)c1ccn(Cc2cccc(Br)c2)c1. The molecule has 1 heterocycles. The Balaban J connectivity index is 2.06. The monoisotopic (exact) mass is 306 g/mol. The number of aromatic nitrogens is 1. The third kappa shape index (κ3) is 3.47. The maximum atomic E-state index is 3.51. The molecular weight excluding hydrogens is 288 g/mol. The number of hydrogen-bond acceptors (Lipinski definition) is 1. The first kappa shape index (κ1) is 13.4. The highest BCUT2D eigenvalue weighted by Gasteiger charge is 2.05. The van der Waals surface area contributed by atoms with Gasteiger partial charge in [0.2, 0.25) is 0 Å². The summed E-state index contributed by atoms with van der Waals surface area (Å²) in [6.07, 6.45) is 4.36. The molecule has 0 aliphatic rings. The molecule has 2 nitrogen and oxygen atoms in total. The number of halogens is 1. The minimum absolute atomic E-state index is 0.416. The highest BCUT2D eigenvalue weighted by atomic mass is 79.9. The van der Waals surface area contributed by atoms with Crippen molar-refractivity contribution in [2.24, 2.45) is 0 Å². The van der Waals surface area contributed by atoms with Crippen LogP contribution in [0.25, 0.3) is 0 Å². The van der Waals surface area contributed by atoms with Crippen LogP contribution in [0.3, 0.4) is 0 Å². The molecule has 18 heavy (non-hydrogen) atoms. The zero-order valence-corrected chi connectivity index (χ0v) is 12.4. The van der Waals surface area contributed by atoms with Gasteiger partial charge in [-0.25, -0.2) is 0 Å². The third-order valence-corrected chi connectivity index (χ3v) is 3.53. The van der Waals surface area contributed by atoms with Crippen LogP contribution in [-0.4, -0.2) is 11.1 Å². The van der Waals surface area contributed by atoms with E-state index < -0.39 is 0 Å². The smallest absolute Gasteiger partial charge is 0.0470 e. The second kappa shape index (κ2) is 6.21. The number of rotatable bonds is 5. The van der Waals surface area contributed by atoms with Gasteiger partial charge in [-0.1, -0.05) is 35.0 Å². The average Bonchev–Trinajstić information content (AvgIpc) is 2.78. The van der Waals surface area contributed by atoms with Crippen molar-refractivity contribution in [3.05, 3.63) is 58.3 Å². The Morgan fingerprint density at radius 2 is 2.17 bits per heavy atom. The Labute approximate surface area is 117 Å². The lowest BCUT2D eigenvalue weighted by atomic mass is 10.2. The predicted molar refractivity (Wildman–Crippen MR) is 79.8 cm³/mol. The first-order valence-electron chi connectivity index (χ1n) is 6.32. The van der Waals surface area contributed by atoms with E-state index in [9.17, 15) is 0 Å². The molecule has 1 N–H and O–H groups in total. The van der Waals surface area contributed by atoms with Crippen LogP contribution in [0.4, 0.5) is 0 Å². The maximum Gasteiger partial charge on any atom is 0.0470 e. The maximum absolute atomic E-state index is 3.51. The van der Waals surface area contributed by atoms with Gasteiger partial charge in [-0.05, 0) is 42.8 Å². The van der Waals surface area contributed by atoms with Gasteiger partial charge in [0.25, 0.3) is 0 Å². The fraction of sp³-hybridized carbons (Fsp3) is 0.333. The molecule has 2 rings (SSSR count). The Hall–Kier alpha value is -1.06. The van der Waals surface area contributed by atoms with E-state index in [2.05, 4.69) is 82.4 Å². The van der Waals surface area contributed by atoms with E-state index in [0.29, 0.717) is 6.04 Å². The lowest BCUT2D eigenvalue weighted by molar-refractivity contribution is 0.596. The Kier molecular flexibility index (Phi) is 4.61. The van der Waals surface area contributed by atoms with Gasteiger partial charge < -0.3 is 9.88 Å². The minimum atomic E-state index is 0.416. The molecule has 3 heteroatoms. The summed E-state index contributed by atoms with van der Waals surface area (Å²) in [6, 6.07) is 11.0. The quantitative estimate of drug-likeness (QED) is 0.884. The van der Waals surface area contributed by atoms with E-state index in [0.717, 1.165) is 17.6 Å². The normalized spacial score (nSPS) is 12.6. The highest BCUT2D eigenvalue weighted by Crippen LogP contribution is 2.16. The van der Waals surface area contributed by atoms with Gasteiger partial charge >= 0.3 is 0 Å². The molecular formula is C15H19BrN2. The van der Waals surface area contributed by atoms with Crippen molar-refractivity contribution in [1.82, 2.24) is 9.88 Å². The predicted octanol–water partition coefficient (Wildman–Crippen LogP) is 3.97. The summed E-state index contributed by atoms with van der Waals surface area (Å²) in [5.41, 5.74) is 2.65. The molecule has 96 valence electrons. The summed E-state index contributed by atoms with van der Waals surface area (Å²) in [5, 5.41) is 3.43. The fourth-order valence-corrected chi connectivity index (χ4v) is 2.53. The van der Waals surface area contributed by atoms with Crippen molar-refractivity contribution in [2.75, 3.05) is 6.54 Å². The summed E-state index contributed by atoms with van der Waals surface area (Å²) in [6.45, 7) is 6.24. The van der Waals surface area contributed by atoms with Crippen LogP contribution >= 0.6 is 15.9 Å². The molecule has 2 aromatic rings. The molecule has 1 aromatic heterocycles. The van der Waals surface area contributed by atoms with E-state index in [4.69, 9.17) is 0 Å². The summed E-state index contributed by atoms with van der Waals surface area (Å²) < 4.78 is 3.36. The van der Waals surface area contributed by atoms with Crippen LogP contribution in [0.5, 0.6) is 0 Å². The number of nitrogens with zero attached hydrogens (tertiary/aromatic N) is 1. The van der Waals surface area contributed by atoms with Crippen molar-refractivity contribution >= 4 is 15.9 Å². The molecule has 0 spiro atoms. The fourth-order valence-electron chi connectivity index (χ4n) is 2.08. The van der Waals surface area contributed by atoms with Crippen LogP contribution in [0.2, 0.25) is 0 Å². The van der Waals surface area contributed by atoms with E-state index >= 15 is 0 Å². The number of benzene rings is 1. The van der Waals surface area contributed by atoms with Crippen molar-refractivity contribution < 1.29 is 0 Å². The van der Waals surface area contributed by atoms with E-state index in [1.165, 1.54) is 11.1 Å². The standard InChI is InChI=1S/C15H19BrN2/c1-3-17-12(2)14-7-8-18(11-14)10-13-5-4-6-15(16)9-13/h4-9,11-12,17H,3,10H2,1-2H3. The topological polar surface area (TPSA) is 17.0 Å². The van der Waals surface area contributed by atoms with Crippen LogP contribution in [0.15, 0.2) is 47.2 Å². The van der Waals surface area contributed by atoms with Crippen molar-refractivity contribution in [1.29, 1.82) is 0 Å². The average molecular weight is 307 g/mol. The first-order chi connectivity index (χ1) is 8.69. The zero-order chi connectivity index (χ0) is 13.0. The van der Waals surface area contributed by atoms with Gasteiger partial charge in [0.1, 0.15) is 0 Å². The van der Waals surface area contributed by atoms with Crippen molar-refractivity contribution in [2.45, 2.75) is 26.4 Å². The molecule has 1 unspecified atom stereocenters. The van der Waals surface area contributed by atoms with Crippen LogP contribution in [0, 0.1) is 0 Å². The van der Waals surface area contributed by atoms with Gasteiger partial charge in [-0.3, -0.25) is 0 Å². The summed E-state index contributed by atoms with van der Waals surface area (Å²) in [7, 11) is 0. The zero-order valence-electron chi connectivity index (χ0n) is 10.9. The van der Waals surface area contributed by atoms with Gasteiger partial charge in [0, 0.05) is 29.5 Å². The lowest BCUT2D eigenvalue weighted by Gasteiger charge is -2.10. The number of hydrogen-bond donors (Lipinski definition) is 1. The molecule has 1 aromatic carbocycles. The largest absolute Gasteiger partial charge is 0.350 e. The Morgan fingerprint density at radius 1 is 1.33 bits per heavy atom. The van der Waals surface area contributed by atoms with Gasteiger partial charge in [-0.2, -0.15) is 0 Å². The van der Waals surface area contributed by atoms with Gasteiger partial charge in [-0.15, -0.1) is 0 Å². The van der Waals surface area contributed by atoms with Crippen molar-refractivity contribution in [3.8, 4) is 0 Å². The third-order valence-electron chi connectivity index (χ3n) is 3.04. The summed E-state index contributed by atoms with van der Waals surface area (Å²) in [4.78, 5) is 0. The molecule has 0 aliphatic carbocycles. The van der Waals surface area contributed by atoms with Crippen LogP contribution in [-0.2, 0) is 6.54 Å². The van der Waals surface area contributed by atoms with Crippen LogP contribution < -0.4 is 5.32 Å². The van der Waals surface area contributed by atoms with Crippen molar-refractivity contribution in [3.63, 3.8) is 0 Å². The Bertz CT molecular complexity index is 505. The molecule has 0 saturated heterocycles. The summed E-state index contributed by atoms with van der Waals surface area (Å²) in [5.74, 6) is 0. The van der Waals surface area contributed by atoms with E-state index in [1.54, 1.807) is 0 Å². The van der Waals surface area contributed by atoms with Gasteiger partial charge in [0.05, 0.1) is 0 Å². The number of nitrogens with one attached hydrogen (secondary N) is 1. The first-order valence-corrected chi connectivity index (χ1v) is 7.12. The molecule has 0 bridgehead atoms.